The highest BCUT2D eigenvalue weighted by molar-refractivity contribution is 6.11. The molecule has 0 saturated carbocycles. The Morgan fingerprint density at radius 2 is 0.803 bits per heavy atom. The van der Waals surface area contributed by atoms with E-state index in [1.54, 1.807) is 0 Å². The van der Waals surface area contributed by atoms with Crippen molar-refractivity contribution in [2.45, 2.75) is 24.7 Å². The molecule has 0 bridgehead atoms. The van der Waals surface area contributed by atoms with Crippen LogP contribution in [-0.2, 0) is 10.8 Å². The molecule has 2 nitrogen and oxygen atoms in total. The van der Waals surface area contributed by atoms with Crippen LogP contribution >= 0.6 is 0 Å². The second-order valence-corrected chi connectivity index (χ2v) is 21.2. The monoisotopic (exact) mass is 968 g/mol. The van der Waals surface area contributed by atoms with E-state index in [9.17, 15) is 0 Å². The van der Waals surface area contributed by atoms with Crippen LogP contribution in [0.1, 0.15) is 47.2 Å². The van der Waals surface area contributed by atoms with Crippen molar-refractivity contribution < 1.29 is 0 Å². The summed E-state index contributed by atoms with van der Waals surface area (Å²) < 4.78 is 2.44. The third-order valence-electron chi connectivity index (χ3n) is 16.9. The predicted octanol–water partition coefficient (Wildman–Crippen LogP) is 19.4. The SMILES string of the molecule is CC1(C)c2ccccc2-c2cc(N(c3ccc(-c4ccc5c(c4)c4cc(C6(c7ccccc7)c7ccccc7-c7ccccc76)ccc4n5-c4ccccc4)cc3)c3ccc(-c4cccc5ccccc45)cc3)ccc21. The zero-order chi connectivity index (χ0) is 50.5. The maximum Gasteiger partial charge on any atom is 0.0713 e. The van der Waals surface area contributed by atoms with Gasteiger partial charge in [-0.2, -0.15) is 0 Å². The van der Waals surface area contributed by atoms with Crippen molar-refractivity contribution in [1.82, 2.24) is 4.57 Å². The van der Waals surface area contributed by atoms with Crippen molar-refractivity contribution in [2.24, 2.45) is 0 Å². The summed E-state index contributed by atoms with van der Waals surface area (Å²) in [6, 6.07) is 104. The molecule has 1 heterocycles. The Balaban J connectivity index is 0.879. The van der Waals surface area contributed by atoms with Gasteiger partial charge in [0, 0.05) is 38.9 Å². The summed E-state index contributed by atoms with van der Waals surface area (Å²) in [6.07, 6.45) is 0. The largest absolute Gasteiger partial charge is 0.310 e. The highest BCUT2D eigenvalue weighted by atomic mass is 15.1. The third-order valence-corrected chi connectivity index (χ3v) is 16.9. The van der Waals surface area contributed by atoms with Crippen LogP contribution in [-0.4, -0.2) is 4.57 Å². The van der Waals surface area contributed by atoms with Gasteiger partial charge in [-0.05, 0) is 161 Å². The smallest absolute Gasteiger partial charge is 0.0713 e. The van der Waals surface area contributed by atoms with Crippen LogP contribution in [0.15, 0.2) is 279 Å². The summed E-state index contributed by atoms with van der Waals surface area (Å²) in [6.45, 7) is 4.70. The van der Waals surface area contributed by atoms with E-state index in [0.717, 1.165) is 28.3 Å². The van der Waals surface area contributed by atoms with Crippen LogP contribution in [0.2, 0.25) is 0 Å². The topological polar surface area (TPSA) is 8.17 Å². The highest BCUT2D eigenvalue weighted by Gasteiger charge is 2.46. The Bertz CT molecular complexity index is 4360. The van der Waals surface area contributed by atoms with E-state index >= 15 is 0 Å². The standard InChI is InChI=1S/C74H52N2/c1-73(2)67-29-14-11-27-63(67)64-48-58(42-43-68(64)73)75(57-40-34-51(35-41-57)60-28-17-19-50-18-9-10-24-59(50)60)56-38-32-49(33-39-56)52-36-44-71-65(46-52)66-47-54(37-45-72(66)76(71)55-22-7-4-8-23-55)74(53-20-5-3-6-21-53)69-30-15-12-25-61(69)62-26-13-16-31-70(62)74/h3-48H,1-2H3. The van der Waals surface area contributed by atoms with Crippen LogP contribution in [0, 0.1) is 0 Å². The Morgan fingerprint density at radius 1 is 0.303 bits per heavy atom. The molecule has 76 heavy (non-hydrogen) atoms. The maximum atomic E-state index is 2.50. The van der Waals surface area contributed by atoms with E-state index in [-0.39, 0.29) is 5.41 Å². The molecule has 0 saturated heterocycles. The Morgan fingerprint density at radius 3 is 1.50 bits per heavy atom. The lowest BCUT2D eigenvalue weighted by Crippen LogP contribution is -2.28. The van der Waals surface area contributed by atoms with Crippen LogP contribution in [0.4, 0.5) is 17.1 Å². The minimum atomic E-state index is -0.502. The van der Waals surface area contributed by atoms with Crippen molar-refractivity contribution in [3.05, 3.63) is 312 Å². The van der Waals surface area contributed by atoms with E-state index < -0.39 is 5.41 Å². The summed E-state index contributed by atoms with van der Waals surface area (Å²) in [5.74, 6) is 0. The zero-order valence-corrected chi connectivity index (χ0v) is 42.5. The molecule has 0 atom stereocenters. The van der Waals surface area contributed by atoms with Gasteiger partial charge in [0.25, 0.3) is 0 Å². The van der Waals surface area contributed by atoms with Crippen molar-refractivity contribution in [3.63, 3.8) is 0 Å². The van der Waals surface area contributed by atoms with Gasteiger partial charge in [0.1, 0.15) is 0 Å². The number of nitrogens with zero attached hydrogens (tertiary/aromatic N) is 2. The van der Waals surface area contributed by atoms with E-state index in [2.05, 4.69) is 302 Å². The van der Waals surface area contributed by atoms with Gasteiger partial charge in [0.05, 0.1) is 16.4 Å². The summed E-state index contributed by atoms with van der Waals surface area (Å²) in [7, 11) is 0. The van der Waals surface area contributed by atoms with Crippen LogP contribution in [0.3, 0.4) is 0 Å². The van der Waals surface area contributed by atoms with Gasteiger partial charge in [0.15, 0.2) is 0 Å². The summed E-state index contributed by atoms with van der Waals surface area (Å²) in [5.41, 5.74) is 24.1. The van der Waals surface area contributed by atoms with Crippen molar-refractivity contribution in [1.29, 1.82) is 0 Å². The molecule has 2 heteroatoms. The molecule has 13 aromatic rings. The molecule has 0 amide bonds. The lowest BCUT2D eigenvalue weighted by atomic mass is 9.67. The minimum absolute atomic E-state index is 0.0796. The first-order valence-electron chi connectivity index (χ1n) is 26.6. The number of rotatable bonds is 8. The second kappa shape index (κ2) is 17.0. The van der Waals surface area contributed by atoms with Gasteiger partial charge in [-0.15, -0.1) is 0 Å². The Hall–Kier alpha value is -9.50. The first-order valence-corrected chi connectivity index (χ1v) is 26.6. The summed E-state index contributed by atoms with van der Waals surface area (Å²) in [4.78, 5) is 2.42. The quantitative estimate of drug-likeness (QED) is 0.147. The molecule has 0 unspecified atom stereocenters. The normalized spacial score (nSPS) is 13.6. The number of aromatic nitrogens is 1. The number of para-hydroxylation sites is 1. The van der Waals surface area contributed by atoms with Gasteiger partial charge in [-0.25, -0.2) is 0 Å². The lowest BCUT2D eigenvalue weighted by molar-refractivity contribution is 0.660. The summed E-state index contributed by atoms with van der Waals surface area (Å²) in [5, 5.41) is 4.96. The Labute approximate surface area is 444 Å². The maximum absolute atomic E-state index is 2.50. The van der Waals surface area contributed by atoms with E-state index in [4.69, 9.17) is 0 Å². The number of anilines is 3. The highest BCUT2D eigenvalue weighted by Crippen LogP contribution is 2.57. The molecule has 358 valence electrons. The minimum Gasteiger partial charge on any atom is -0.310 e. The summed E-state index contributed by atoms with van der Waals surface area (Å²) >= 11 is 0. The number of benzene rings is 12. The molecule has 0 fully saturated rings. The first kappa shape index (κ1) is 44.0. The van der Waals surface area contributed by atoms with Gasteiger partial charge in [-0.3, -0.25) is 0 Å². The van der Waals surface area contributed by atoms with Crippen LogP contribution in [0.5, 0.6) is 0 Å². The molecular formula is C74H52N2. The van der Waals surface area contributed by atoms with Crippen molar-refractivity contribution in [2.75, 3.05) is 4.90 Å². The zero-order valence-electron chi connectivity index (χ0n) is 42.5. The van der Waals surface area contributed by atoms with Crippen molar-refractivity contribution in [3.8, 4) is 50.2 Å². The molecule has 2 aliphatic rings. The molecular weight excluding hydrogens is 917 g/mol. The molecule has 0 spiro atoms. The van der Waals surface area contributed by atoms with Gasteiger partial charge in [-0.1, -0.05) is 220 Å². The molecule has 2 aliphatic carbocycles. The van der Waals surface area contributed by atoms with Gasteiger partial charge < -0.3 is 9.47 Å². The Kier molecular flexibility index (Phi) is 9.86. The predicted molar refractivity (Wildman–Crippen MR) is 319 cm³/mol. The molecule has 1 aromatic heterocycles. The van der Waals surface area contributed by atoms with E-state index in [0.29, 0.717) is 0 Å². The average molecular weight is 969 g/mol. The second-order valence-electron chi connectivity index (χ2n) is 21.2. The van der Waals surface area contributed by atoms with Crippen molar-refractivity contribution >= 4 is 49.6 Å². The molecule has 15 rings (SSSR count). The molecule has 12 aromatic carbocycles. The first-order chi connectivity index (χ1) is 37.4. The molecule has 0 radical (unpaired) electrons. The average Bonchev–Trinajstić information content (AvgIpc) is 4.25. The number of hydrogen-bond acceptors (Lipinski definition) is 1. The van der Waals surface area contributed by atoms with Gasteiger partial charge >= 0.3 is 0 Å². The fourth-order valence-corrected chi connectivity index (χ4v) is 13.4. The fourth-order valence-electron chi connectivity index (χ4n) is 13.4. The van der Waals surface area contributed by atoms with Gasteiger partial charge in [0.2, 0.25) is 0 Å². The van der Waals surface area contributed by atoms with E-state index in [1.165, 1.54) is 105 Å². The molecule has 0 N–H and O–H groups in total. The molecule has 0 aliphatic heterocycles. The number of hydrogen-bond donors (Lipinski definition) is 0. The van der Waals surface area contributed by atoms with Crippen LogP contribution in [0.25, 0.3) is 82.8 Å². The lowest BCUT2D eigenvalue weighted by Gasteiger charge is -2.34. The number of fused-ring (bicyclic) bond motifs is 10. The fraction of sp³-hybridized carbons (Fsp3) is 0.0541. The van der Waals surface area contributed by atoms with Crippen LogP contribution < -0.4 is 4.90 Å². The third kappa shape index (κ3) is 6.53. The van der Waals surface area contributed by atoms with E-state index in [1.807, 2.05) is 0 Å².